The second-order valence-corrected chi connectivity index (χ2v) is 4.84. The molecule has 5 heteroatoms. The van der Waals surface area contributed by atoms with Crippen molar-refractivity contribution in [1.29, 1.82) is 0 Å². The van der Waals surface area contributed by atoms with Gasteiger partial charge in [0.05, 0.1) is 15.6 Å². The number of carbonyl (C=O) groups excluding carboxylic acids is 1. The van der Waals surface area contributed by atoms with E-state index in [1.165, 1.54) is 0 Å². The van der Waals surface area contributed by atoms with Crippen molar-refractivity contribution in [2.45, 2.75) is 0 Å². The van der Waals surface area contributed by atoms with Gasteiger partial charge in [-0.15, -0.1) is 10.5 Å². The molecule has 1 aliphatic heterocycles. The van der Waals surface area contributed by atoms with Crippen molar-refractivity contribution in [1.82, 2.24) is 5.43 Å². The van der Waals surface area contributed by atoms with Gasteiger partial charge in [0.1, 0.15) is 5.71 Å². The third kappa shape index (κ3) is 2.11. The molecule has 1 amide bonds. The predicted molar refractivity (Wildman–Crippen MR) is 75.0 cm³/mol. The Labute approximate surface area is 119 Å². The number of hydrogen-bond acceptors (Lipinski definition) is 2. The summed E-state index contributed by atoms with van der Waals surface area (Å²) in [4.78, 5) is 11.7. The maximum absolute atomic E-state index is 11.7. The van der Waals surface area contributed by atoms with Crippen LogP contribution in [0.15, 0.2) is 47.6 Å². The van der Waals surface area contributed by atoms with Crippen LogP contribution in [0.1, 0.15) is 21.5 Å². The third-order valence-corrected chi connectivity index (χ3v) is 3.59. The van der Waals surface area contributed by atoms with Gasteiger partial charge >= 0.3 is 0 Å². The fourth-order valence-electron chi connectivity index (χ4n) is 1.94. The Morgan fingerprint density at radius 3 is 2.37 bits per heavy atom. The molecule has 0 saturated heterocycles. The molecule has 2 aromatic rings. The lowest BCUT2D eigenvalue weighted by Crippen LogP contribution is -2.23. The van der Waals surface area contributed by atoms with Gasteiger partial charge in [-0.3, -0.25) is 4.79 Å². The van der Waals surface area contributed by atoms with Gasteiger partial charge in [-0.25, -0.2) is 0 Å². The standard InChI is InChI=1S/C14H7Cl2N2O/c15-11-6-5-8(7-12(11)16)13-9-3-1-2-4-10(9)14(19)18-17-13/h1-7H. The molecule has 3 nitrogen and oxygen atoms in total. The number of benzene rings is 2. The van der Waals surface area contributed by atoms with Crippen LogP contribution in [0.3, 0.4) is 0 Å². The topological polar surface area (TPSA) is 43.5 Å². The van der Waals surface area contributed by atoms with Crippen LogP contribution in [-0.4, -0.2) is 11.6 Å². The minimum absolute atomic E-state index is 0.334. The Morgan fingerprint density at radius 2 is 1.63 bits per heavy atom. The summed E-state index contributed by atoms with van der Waals surface area (Å²) < 4.78 is 0. The van der Waals surface area contributed by atoms with Crippen LogP contribution in [0, 0.1) is 0 Å². The van der Waals surface area contributed by atoms with Crippen LogP contribution < -0.4 is 5.43 Å². The van der Waals surface area contributed by atoms with E-state index in [-0.39, 0.29) is 5.91 Å². The first kappa shape index (κ1) is 12.2. The van der Waals surface area contributed by atoms with E-state index in [4.69, 9.17) is 23.2 Å². The fourth-order valence-corrected chi connectivity index (χ4v) is 2.23. The highest BCUT2D eigenvalue weighted by atomic mass is 35.5. The van der Waals surface area contributed by atoms with E-state index >= 15 is 0 Å². The summed E-state index contributed by atoms with van der Waals surface area (Å²) in [5, 5.41) is 4.90. The molecule has 0 atom stereocenters. The van der Waals surface area contributed by atoms with Crippen LogP contribution in [0.2, 0.25) is 10.0 Å². The number of halogens is 2. The number of fused-ring (bicyclic) bond motifs is 1. The summed E-state index contributed by atoms with van der Waals surface area (Å²) in [6.07, 6.45) is 0. The lowest BCUT2D eigenvalue weighted by Gasteiger charge is -2.15. The van der Waals surface area contributed by atoms with Crippen LogP contribution in [0.4, 0.5) is 0 Å². The molecule has 3 rings (SSSR count). The van der Waals surface area contributed by atoms with E-state index in [9.17, 15) is 4.79 Å². The lowest BCUT2D eigenvalue weighted by atomic mass is 9.96. The molecular weight excluding hydrogens is 283 g/mol. The second kappa shape index (κ2) is 4.68. The van der Waals surface area contributed by atoms with Gasteiger partial charge in [0, 0.05) is 11.1 Å². The smallest absolute Gasteiger partial charge is 0.265 e. The highest BCUT2D eigenvalue weighted by Crippen LogP contribution is 2.26. The van der Waals surface area contributed by atoms with Gasteiger partial charge in [-0.2, -0.15) is 0 Å². The zero-order chi connectivity index (χ0) is 13.4. The van der Waals surface area contributed by atoms with Gasteiger partial charge < -0.3 is 0 Å². The van der Waals surface area contributed by atoms with Crippen LogP contribution in [0.5, 0.6) is 0 Å². The molecule has 19 heavy (non-hydrogen) atoms. The molecule has 1 heterocycles. The van der Waals surface area contributed by atoms with Gasteiger partial charge in [-0.1, -0.05) is 47.5 Å². The van der Waals surface area contributed by atoms with Crippen LogP contribution in [0.25, 0.3) is 0 Å². The maximum Gasteiger partial charge on any atom is 0.296 e. The first-order valence-electron chi connectivity index (χ1n) is 5.54. The minimum Gasteiger partial charge on any atom is -0.265 e. The summed E-state index contributed by atoms with van der Waals surface area (Å²) in [7, 11) is 0. The Bertz CT molecular complexity index is 710. The Morgan fingerprint density at radius 1 is 0.895 bits per heavy atom. The highest BCUT2D eigenvalue weighted by Gasteiger charge is 2.22. The maximum atomic E-state index is 11.7. The van der Waals surface area contributed by atoms with Crippen molar-refractivity contribution in [2.24, 2.45) is 5.10 Å². The lowest BCUT2D eigenvalue weighted by molar-refractivity contribution is 0.0947. The Kier molecular flexibility index (Phi) is 3.01. The molecule has 0 N–H and O–H groups in total. The average Bonchev–Trinajstić information content (AvgIpc) is 2.43. The molecule has 0 bridgehead atoms. The van der Waals surface area contributed by atoms with Crippen molar-refractivity contribution in [3.05, 3.63) is 69.2 Å². The van der Waals surface area contributed by atoms with E-state index in [0.717, 1.165) is 11.1 Å². The molecule has 1 radical (unpaired) electrons. The summed E-state index contributed by atoms with van der Waals surface area (Å²) in [6, 6.07) is 12.4. The van der Waals surface area contributed by atoms with Gasteiger partial charge in [-0.05, 0) is 18.2 Å². The third-order valence-electron chi connectivity index (χ3n) is 2.85. The quantitative estimate of drug-likeness (QED) is 0.792. The highest BCUT2D eigenvalue weighted by molar-refractivity contribution is 6.42. The molecule has 93 valence electrons. The SMILES string of the molecule is O=C1[N]N=C(c2ccc(Cl)c(Cl)c2)c2ccccc21. The molecule has 1 aliphatic rings. The second-order valence-electron chi connectivity index (χ2n) is 4.03. The van der Waals surface area contributed by atoms with Gasteiger partial charge in [0.2, 0.25) is 0 Å². The predicted octanol–water partition coefficient (Wildman–Crippen LogP) is 3.50. The zero-order valence-corrected chi connectivity index (χ0v) is 11.1. The van der Waals surface area contributed by atoms with Crippen LogP contribution in [-0.2, 0) is 0 Å². The largest absolute Gasteiger partial charge is 0.296 e. The summed E-state index contributed by atoms with van der Waals surface area (Å²) >= 11 is 11.9. The molecule has 2 aromatic carbocycles. The first-order valence-corrected chi connectivity index (χ1v) is 6.30. The van der Waals surface area contributed by atoms with E-state index in [2.05, 4.69) is 10.5 Å². The van der Waals surface area contributed by atoms with Crippen LogP contribution >= 0.6 is 23.2 Å². The Balaban J connectivity index is 2.16. The Hall–Kier alpha value is -1.84. The molecule has 0 spiro atoms. The molecule has 0 fully saturated rings. The molecular formula is C14H7Cl2N2O. The van der Waals surface area contributed by atoms with E-state index < -0.39 is 0 Å². The molecule has 0 aromatic heterocycles. The van der Waals surface area contributed by atoms with Crippen molar-refractivity contribution < 1.29 is 4.79 Å². The summed E-state index contributed by atoms with van der Waals surface area (Å²) in [5.41, 5.74) is 6.34. The summed E-state index contributed by atoms with van der Waals surface area (Å²) in [5.74, 6) is -0.334. The minimum atomic E-state index is -0.334. The zero-order valence-electron chi connectivity index (χ0n) is 9.60. The average molecular weight is 290 g/mol. The number of hydrogen-bond donors (Lipinski definition) is 0. The van der Waals surface area contributed by atoms with Crippen molar-refractivity contribution in [3.63, 3.8) is 0 Å². The van der Waals surface area contributed by atoms with Crippen molar-refractivity contribution >= 4 is 34.8 Å². The molecule has 0 unspecified atom stereocenters. The fraction of sp³-hybridized carbons (Fsp3) is 0. The van der Waals surface area contributed by atoms with Gasteiger partial charge in [0.25, 0.3) is 5.91 Å². The van der Waals surface area contributed by atoms with Crippen molar-refractivity contribution in [3.8, 4) is 0 Å². The normalized spacial score (nSPS) is 13.6. The molecule has 0 saturated carbocycles. The van der Waals surface area contributed by atoms with E-state index in [0.29, 0.717) is 21.3 Å². The first-order chi connectivity index (χ1) is 9.16. The number of carbonyl (C=O) groups is 1. The molecule has 0 aliphatic carbocycles. The van der Waals surface area contributed by atoms with E-state index in [1.54, 1.807) is 30.3 Å². The number of amides is 1. The van der Waals surface area contributed by atoms with Gasteiger partial charge in [0.15, 0.2) is 0 Å². The van der Waals surface area contributed by atoms with E-state index in [1.807, 2.05) is 12.1 Å². The monoisotopic (exact) mass is 289 g/mol. The van der Waals surface area contributed by atoms with Crippen molar-refractivity contribution in [2.75, 3.05) is 0 Å². The number of nitrogens with zero attached hydrogens (tertiary/aromatic N) is 2. The number of rotatable bonds is 1. The summed E-state index contributed by atoms with van der Waals surface area (Å²) in [6.45, 7) is 0.